The smallest absolute Gasteiger partial charge is 0.399 e. The molecule has 0 radical (unpaired) electrons. The van der Waals surface area contributed by atoms with E-state index in [0.717, 1.165) is 37.0 Å². The Kier molecular flexibility index (Phi) is 8.23. The first kappa shape index (κ1) is 19.8. The molecule has 1 heterocycles. The van der Waals surface area contributed by atoms with Crippen LogP contribution in [0.5, 0.6) is 0 Å². The average molecular weight is 327 g/mol. The summed E-state index contributed by atoms with van der Waals surface area (Å²) < 4.78 is 12.3. The molecule has 1 aliphatic rings. The maximum absolute atomic E-state index is 6.17. The molecule has 0 aromatic rings. The molecule has 1 aliphatic heterocycles. The molecule has 0 aromatic carbocycles. The van der Waals surface area contributed by atoms with E-state index in [9.17, 15) is 0 Å². The summed E-state index contributed by atoms with van der Waals surface area (Å²) in [4.78, 5) is 0. The topological polar surface area (TPSA) is 18.5 Å². The normalized spacial score (nSPS) is 21.0. The second-order valence-corrected chi connectivity index (χ2v) is 7.40. The Hall–Kier alpha value is -0.245. The van der Waals surface area contributed by atoms with Gasteiger partial charge < -0.3 is 9.31 Å². The van der Waals surface area contributed by atoms with E-state index in [0.29, 0.717) is 0 Å². The van der Waals surface area contributed by atoms with E-state index in [1.807, 2.05) is 0 Å². The number of allylic oxidation sites excluding steroid dienone is 4. The fraction of sp³-hybridized carbons (Fsp3) is 0.778. The third-order valence-corrected chi connectivity index (χ3v) is 4.80. The van der Waals surface area contributed by atoms with Crippen molar-refractivity contribution in [1.82, 2.24) is 0 Å². The Morgan fingerprint density at radius 1 is 1.00 bits per heavy atom. The van der Waals surface area contributed by atoms with Gasteiger partial charge in [-0.3, -0.25) is 0 Å². The molecule has 0 aromatic heterocycles. The van der Waals surface area contributed by atoms with Crippen LogP contribution in [0, 0.1) is 0 Å². The molecule has 0 aliphatic carbocycles. The Morgan fingerprint density at radius 3 is 2.18 bits per heavy atom. The van der Waals surface area contributed by atoms with E-state index < -0.39 is 0 Å². The Morgan fingerprint density at radius 2 is 1.64 bits per heavy atom. The van der Waals surface area contributed by atoms with Gasteiger partial charge in [-0.25, -0.2) is 0 Å². The van der Waals surface area contributed by atoms with Crippen LogP contribution >= 0.6 is 11.6 Å². The summed E-state index contributed by atoms with van der Waals surface area (Å²) in [6.07, 6.45) is 13.4. The molecule has 2 nitrogen and oxygen atoms in total. The lowest BCUT2D eigenvalue weighted by Gasteiger charge is -2.32. The molecule has 0 amide bonds. The highest BCUT2D eigenvalue weighted by molar-refractivity contribution is 6.55. The third-order valence-electron chi connectivity index (χ3n) is 4.53. The quantitative estimate of drug-likeness (QED) is 0.234. The van der Waals surface area contributed by atoms with Crippen LogP contribution in [-0.4, -0.2) is 24.2 Å². The van der Waals surface area contributed by atoms with Crippen LogP contribution in [0.25, 0.3) is 0 Å². The van der Waals surface area contributed by atoms with Gasteiger partial charge in [-0.15, -0.1) is 11.6 Å². The van der Waals surface area contributed by atoms with Gasteiger partial charge in [0.15, 0.2) is 0 Å². The summed E-state index contributed by atoms with van der Waals surface area (Å²) in [5, 5.41) is 0. The van der Waals surface area contributed by atoms with Crippen molar-refractivity contribution in [3.63, 3.8) is 0 Å². The number of unbranched alkanes of at least 4 members (excludes halogenated alkanes) is 4. The van der Waals surface area contributed by atoms with E-state index in [4.69, 9.17) is 20.9 Å². The molecule has 0 N–H and O–H groups in total. The van der Waals surface area contributed by atoms with Crippen LogP contribution in [0.1, 0.15) is 73.1 Å². The van der Waals surface area contributed by atoms with Gasteiger partial charge in [0.2, 0.25) is 0 Å². The second-order valence-electron chi connectivity index (χ2n) is 7.02. The molecule has 0 spiro atoms. The standard InChI is InChI=1S/C18H32BClO2/c1-6-7-10-13-16(14-11-8-9-12-15-20)19-21-17(2,3)18(4,5)22-19/h11,13-14H,6-10,12,15H2,1-5H3/b14-11+,16-13-. The van der Waals surface area contributed by atoms with Gasteiger partial charge in [-0.05, 0) is 58.9 Å². The summed E-state index contributed by atoms with van der Waals surface area (Å²) in [5.41, 5.74) is 0.583. The molecule has 1 saturated heterocycles. The lowest BCUT2D eigenvalue weighted by molar-refractivity contribution is 0.00578. The molecule has 126 valence electrons. The highest BCUT2D eigenvalue weighted by atomic mass is 35.5. The van der Waals surface area contributed by atoms with E-state index in [-0.39, 0.29) is 18.3 Å². The van der Waals surface area contributed by atoms with Crippen molar-refractivity contribution in [2.45, 2.75) is 84.3 Å². The van der Waals surface area contributed by atoms with E-state index in [2.05, 4.69) is 52.8 Å². The molecule has 0 unspecified atom stereocenters. The minimum Gasteiger partial charge on any atom is -0.399 e. The van der Waals surface area contributed by atoms with Crippen molar-refractivity contribution < 1.29 is 9.31 Å². The predicted octanol–water partition coefficient (Wildman–Crippen LogP) is 5.70. The maximum Gasteiger partial charge on any atom is 0.494 e. The Labute approximate surface area is 142 Å². The summed E-state index contributed by atoms with van der Waals surface area (Å²) in [5.74, 6) is 0.740. The monoisotopic (exact) mass is 326 g/mol. The van der Waals surface area contributed by atoms with Crippen LogP contribution in [0.3, 0.4) is 0 Å². The molecule has 0 saturated carbocycles. The number of halogens is 1. The first-order valence-corrected chi connectivity index (χ1v) is 9.15. The van der Waals surface area contributed by atoms with Gasteiger partial charge in [0.05, 0.1) is 11.2 Å². The second kappa shape index (κ2) is 9.15. The maximum atomic E-state index is 6.17. The predicted molar refractivity (Wildman–Crippen MR) is 97.4 cm³/mol. The number of alkyl halides is 1. The Bertz CT molecular complexity index is 373. The van der Waals surface area contributed by atoms with Crippen molar-refractivity contribution in [2.24, 2.45) is 0 Å². The third kappa shape index (κ3) is 5.75. The van der Waals surface area contributed by atoms with Gasteiger partial charge in [-0.2, -0.15) is 0 Å². The van der Waals surface area contributed by atoms with Crippen LogP contribution in [0.2, 0.25) is 0 Å². The number of hydrogen-bond donors (Lipinski definition) is 0. The largest absolute Gasteiger partial charge is 0.494 e. The van der Waals surface area contributed by atoms with Crippen molar-refractivity contribution in [3.8, 4) is 0 Å². The van der Waals surface area contributed by atoms with Crippen LogP contribution in [0.4, 0.5) is 0 Å². The lowest BCUT2D eigenvalue weighted by atomic mass is 9.77. The van der Waals surface area contributed by atoms with Gasteiger partial charge in [0, 0.05) is 5.88 Å². The summed E-state index contributed by atoms with van der Waals surface area (Å²) in [7, 11) is -0.258. The lowest BCUT2D eigenvalue weighted by Crippen LogP contribution is -2.41. The van der Waals surface area contributed by atoms with Gasteiger partial charge in [0.25, 0.3) is 0 Å². The van der Waals surface area contributed by atoms with Crippen LogP contribution in [-0.2, 0) is 9.31 Å². The van der Waals surface area contributed by atoms with E-state index >= 15 is 0 Å². The molecule has 0 bridgehead atoms. The summed E-state index contributed by atoms with van der Waals surface area (Å²) >= 11 is 5.72. The summed E-state index contributed by atoms with van der Waals surface area (Å²) in [6, 6.07) is 0. The van der Waals surface area contributed by atoms with Crippen molar-refractivity contribution in [1.29, 1.82) is 0 Å². The van der Waals surface area contributed by atoms with Crippen molar-refractivity contribution in [3.05, 3.63) is 23.7 Å². The van der Waals surface area contributed by atoms with Gasteiger partial charge >= 0.3 is 7.12 Å². The number of rotatable bonds is 9. The van der Waals surface area contributed by atoms with Crippen LogP contribution < -0.4 is 0 Å². The zero-order valence-electron chi connectivity index (χ0n) is 15.0. The zero-order chi connectivity index (χ0) is 16.6. The molecule has 0 atom stereocenters. The molecular weight excluding hydrogens is 294 g/mol. The molecular formula is C18H32BClO2. The minimum absolute atomic E-state index is 0.258. The van der Waals surface area contributed by atoms with Crippen molar-refractivity contribution in [2.75, 3.05) is 5.88 Å². The molecule has 22 heavy (non-hydrogen) atoms. The molecule has 1 fully saturated rings. The number of hydrogen-bond acceptors (Lipinski definition) is 2. The molecule has 1 rings (SSSR count). The first-order valence-electron chi connectivity index (χ1n) is 8.62. The van der Waals surface area contributed by atoms with Crippen LogP contribution in [0.15, 0.2) is 23.7 Å². The van der Waals surface area contributed by atoms with Gasteiger partial charge in [-0.1, -0.05) is 38.0 Å². The minimum atomic E-state index is -0.284. The SMILES string of the molecule is CCCC/C=C(/C=C/CCCCCl)B1OC(C)(C)C(C)(C)O1. The molecule has 4 heteroatoms. The van der Waals surface area contributed by atoms with E-state index in [1.54, 1.807) is 0 Å². The van der Waals surface area contributed by atoms with Gasteiger partial charge in [0.1, 0.15) is 0 Å². The van der Waals surface area contributed by atoms with Crippen molar-refractivity contribution >= 4 is 18.7 Å². The Balaban J connectivity index is 2.72. The van der Waals surface area contributed by atoms with E-state index in [1.165, 1.54) is 12.8 Å². The average Bonchev–Trinajstić information content (AvgIpc) is 2.65. The highest BCUT2D eigenvalue weighted by Crippen LogP contribution is 2.38. The zero-order valence-corrected chi connectivity index (χ0v) is 15.7. The summed E-state index contributed by atoms with van der Waals surface area (Å²) in [6.45, 7) is 10.6. The first-order chi connectivity index (χ1) is 10.3. The highest BCUT2D eigenvalue weighted by Gasteiger charge is 2.51. The fourth-order valence-corrected chi connectivity index (χ4v) is 2.46. The fourth-order valence-electron chi connectivity index (χ4n) is 2.27.